The van der Waals surface area contributed by atoms with Gasteiger partial charge in [0.25, 0.3) is 0 Å². The minimum Gasteiger partial charge on any atom is -0.390 e. The molecule has 2 atom stereocenters. The van der Waals surface area contributed by atoms with Gasteiger partial charge in [0.2, 0.25) is 0 Å². The molecule has 0 aromatic carbocycles. The van der Waals surface area contributed by atoms with Gasteiger partial charge in [-0.15, -0.1) is 0 Å². The van der Waals surface area contributed by atoms with Crippen LogP contribution in [0.2, 0.25) is 0 Å². The fraction of sp³-hybridized carbons (Fsp3) is 1.00. The normalized spacial score (nSPS) is 31.2. The molecule has 62 valence electrons. The van der Waals surface area contributed by atoms with Crippen LogP contribution in [0.4, 0.5) is 0 Å². The Morgan fingerprint density at radius 3 is 2.00 bits per heavy atom. The van der Waals surface area contributed by atoms with Crippen molar-refractivity contribution in [3.63, 3.8) is 0 Å². The van der Waals surface area contributed by atoms with Crippen molar-refractivity contribution in [1.29, 1.82) is 0 Å². The first-order valence-corrected chi connectivity index (χ1v) is 3.98. The molecular formula is C8H18O2. The molecule has 0 aromatic rings. The Bertz CT molecular complexity index is 65.7. The Kier molecular flexibility index (Phi) is 5.64. The van der Waals surface area contributed by atoms with Crippen LogP contribution < -0.4 is 0 Å². The predicted octanol–water partition coefficient (Wildman–Crippen LogP) is 1.43. The molecule has 0 spiro atoms. The van der Waals surface area contributed by atoms with Crippen molar-refractivity contribution in [3.8, 4) is 0 Å². The molecule has 0 amide bonds. The number of aliphatic hydroxyl groups excluding tert-OH is 1. The molecular weight excluding hydrogens is 128 g/mol. The summed E-state index contributed by atoms with van der Waals surface area (Å²) in [6.07, 6.45) is 1.04. The van der Waals surface area contributed by atoms with E-state index in [2.05, 4.69) is 13.8 Å². The molecule has 0 aromatic heterocycles. The fourth-order valence-electron chi connectivity index (χ4n) is 0.650. The summed E-state index contributed by atoms with van der Waals surface area (Å²) < 4.78 is 4.92. The minimum absolute atomic E-state index is 0.208. The molecule has 1 heterocycles. The molecule has 10 heavy (non-hydrogen) atoms. The molecule has 1 aliphatic rings. The first kappa shape index (κ1) is 9.92. The van der Waals surface area contributed by atoms with Crippen LogP contribution in [0.5, 0.6) is 0 Å². The number of rotatable bonds is 0. The smallest absolute Gasteiger partial charge is 0.0821 e. The van der Waals surface area contributed by atoms with E-state index in [0.717, 1.165) is 6.61 Å². The quantitative estimate of drug-likeness (QED) is 0.560. The summed E-state index contributed by atoms with van der Waals surface area (Å²) in [4.78, 5) is 0. The van der Waals surface area contributed by atoms with Gasteiger partial charge < -0.3 is 9.84 Å². The van der Waals surface area contributed by atoms with Crippen LogP contribution in [-0.2, 0) is 4.74 Å². The van der Waals surface area contributed by atoms with E-state index in [4.69, 9.17) is 9.84 Å². The van der Waals surface area contributed by atoms with Crippen molar-refractivity contribution < 1.29 is 9.84 Å². The van der Waals surface area contributed by atoms with Crippen LogP contribution in [0.15, 0.2) is 0 Å². The van der Waals surface area contributed by atoms with Crippen molar-refractivity contribution >= 4 is 0 Å². The predicted molar refractivity (Wildman–Crippen MR) is 42.0 cm³/mol. The molecule has 0 aliphatic carbocycles. The average molecular weight is 146 g/mol. The third-order valence-electron chi connectivity index (χ3n) is 1.33. The van der Waals surface area contributed by atoms with Gasteiger partial charge in [0.1, 0.15) is 0 Å². The zero-order valence-corrected chi connectivity index (χ0v) is 7.13. The van der Waals surface area contributed by atoms with Crippen molar-refractivity contribution in [2.75, 3.05) is 13.2 Å². The second kappa shape index (κ2) is 5.69. The Morgan fingerprint density at radius 1 is 1.40 bits per heavy atom. The van der Waals surface area contributed by atoms with Crippen molar-refractivity contribution in [1.82, 2.24) is 0 Å². The third kappa shape index (κ3) is 3.85. The highest BCUT2D eigenvalue weighted by Crippen LogP contribution is 2.10. The highest BCUT2D eigenvalue weighted by atomic mass is 16.5. The van der Waals surface area contributed by atoms with E-state index in [1.807, 2.05) is 6.92 Å². The first-order chi connectivity index (χ1) is 4.72. The van der Waals surface area contributed by atoms with E-state index < -0.39 is 0 Å². The molecule has 1 fully saturated rings. The maximum absolute atomic E-state index is 8.87. The number of aliphatic hydroxyl groups is 1. The highest BCUT2D eigenvalue weighted by Gasteiger charge is 2.20. The highest BCUT2D eigenvalue weighted by molar-refractivity contribution is 4.68. The number of hydrogen-bond donors (Lipinski definition) is 1. The lowest BCUT2D eigenvalue weighted by molar-refractivity contribution is 0.120. The van der Waals surface area contributed by atoms with Gasteiger partial charge in [0.05, 0.1) is 19.3 Å². The third-order valence-corrected chi connectivity index (χ3v) is 1.33. The molecule has 0 radical (unpaired) electrons. The molecule has 1 rings (SSSR count). The molecule has 0 bridgehead atoms. The topological polar surface area (TPSA) is 29.5 Å². The van der Waals surface area contributed by atoms with E-state index >= 15 is 0 Å². The number of ether oxygens (including phenoxy) is 1. The summed E-state index contributed by atoms with van der Waals surface area (Å²) in [5.74, 6) is 0.347. The summed E-state index contributed by atoms with van der Waals surface area (Å²) in [6, 6.07) is 0. The van der Waals surface area contributed by atoms with E-state index in [-0.39, 0.29) is 6.10 Å². The van der Waals surface area contributed by atoms with Crippen molar-refractivity contribution in [2.24, 2.45) is 5.92 Å². The summed E-state index contributed by atoms with van der Waals surface area (Å²) in [5, 5.41) is 8.87. The average Bonchev–Trinajstić information content (AvgIpc) is 2.19. The summed E-state index contributed by atoms with van der Waals surface area (Å²) in [7, 11) is 0. The van der Waals surface area contributed by atoms with Crippen LogP contribution in [0.3, 0.4) is 0 Å². The second-order valence-electron chi connectivity index (χ2n) is 2.79. The van der Waals surface area contributed by atoms with E-state index in [1.54, 1.807) is 0 Å². The van der Waals surface area contributed by atoms with Gasteiger partial charge in [-0.1, -0.05) is 27.2 Å². The Morgan fingerprint density at radius 2 is 1.90 bits per heavy atom. The first-order valence-electron chi connectivity index (χ1n) is 3.98. The lowest BCUT2D eigenvalue weighted by Gasteiger charge is -2.00. The Hall–Kier alpha value is -0.0800. The molecule has 1 aliphatic heterocycles. The lowest BCUT2D eigenvalue weighted by Crippen LogP contribution is -2.13. The molecule has 1 N–H and O–H groups in total. The summed E-state index contributed by atoms with van der Waals surface area (Å²) in [6.45, 7) is 7.49. The second-order valence-corrected chi connectivity index (χ2v) is 2.79. The van der Waals surface area contributed by atoms with Crippen molar-refractivity contribution in [2.45, 2.75) is 33.3 Å². The molecule has 2 nitrogen and oxygen atoms in total. The van der Waals surface area contributed by atoms with E-state index in [1.165, 1.54) is 6.42 Å². The monoisotopic (exact) mass is 146 g/mol. The lowest BCUT2D eigenvalue weighted by atomic mass is 10.1. The zero-order valence-electron chi connectivity index (χ0n) is 7.13. The van der Waals surface area contributed by atoms with Gasteiger partial charge in [-0.05, 0) is 0 Å². The maximum Gasteiger partial charge on any atom is 0.0821 e. The molecule has 0 saturated carbocycles. The standard InChI is InChI=1S/C5H10O2.C3H8/c1-4-2-7-3-5(4)6;1-3-2/h4-6H,2-3H2,1H3;3H2,1-2H3. The van der Waals surface area contributed by atoms with E-state index in [0.29, 0.717) is 12.5 Å². The van der Waals surface area contributed by atoms with Gasteiger partial charge in [-0.3, -0.25) is 0 Å². The van der Waals surface area contributed by atoms with Gasteiger partial charge in [0, 0.05) is 5.92 Å². The molecule has 2 heteroatoms. The largest absolute Gasteiger partial charge is 0.390 e. The summed E-state index contributed by atoms with van der Waals surface area (Å²) >= 11 is 0. The minimum atomic E-state index is -0.208. The van der Waals surface area contributed by atoms with Crippen LogP contribution in [0, 0.1) is 5.92 Å². The van der Waals surface area contributed by atoms with Gasteiger partial charge >= 0.3 is 0 Å². The van der Waals surface area contributed by atoms with E-state index in [9.17, 15) is 0 Å². The summed E-state index contributed by atoms with van der Waals surface area (Å²) in [5.41, 5.74) is 0. The fourth-order valence-corrected chi connectivity index (χ4v) is 0.650. The van der Waals surface area contributed by atoms with Gasteiger partial charge in [-0.2, -0.15) is 0 Å². The molecule has 1 saturated heterocycles. The van der Waals surface area contributed by atoms with Crippen LogP contribution in [-0.4, -0.2) is 24.4 Å². The zero-order chi connectivity index (χ0) is 7.98. The SMILES string of the molecule is CC1COCC1O.CCC. The Labute approximate surface area is 63.2 Å². The van der Waals surface area contributed by atoms with Crippen LogP contribution in [0.1, 0.15) is 27.2 Å². The van der Waals surface area contributed by atoms with Gasteiger partial charge in [0.15, 0.2) is 0 Å². The van der Waals surface area contributed by atoms with Crippen LogP contribution >= 0.6 is 0 Å². The van der Waals surface area contributed by atoms with Crippen LogP contribution in [0.25, 0.3) is 0 Å². The molecule has 2 unspecified atom stereocenters. The van der Waals surface area contributed by atoms with Gasteiger partial charge in [-0.25, -0.2) is 0 Å². The maximum atomic E-state index is 8.87. The Balaban J connectivity index is 0.000000236. The van der Waals surface area contributed by atoms with Crippen molar-refractivity contribution in [3.05, 3.63) is 0 Å². The number of hydrogen-bond acceptors (Lipinski definition) is 2.